The number of carbonyl (C=O) groups excluding carboxylic acids is 1. The van der Waals surface area contributed by atoms with Crippen LogP contribution in [0, 0.1) is 17.1 Å². The van der Waals surface area contributed by atoms with E-state index in [-0.39, 0.29) is 12.7 Å². The highest BCUT2D eigenvalue weighted by atomic mass is 19.4. The summed E-state index contributed by atoms with van der Waals surface area (Å²) in [7, 11) is 0. The van der Waals surface area contributed by atoms with Gasteiger partial charge in [0.25, 0.3) is 0 Å². The predicted molar refractivity (Wildman–Crippen MR) is 61.0 cm³/mol. The van der Waals surface area contributed by atoms with Gasteiger partial charge in [0.05, 0.1) is 18.2 Å². The summed E-state index contributed by atoms with van der Waals surface area (Å²) in [6, 6.07) is 3.23. The summed E-state index contributed by atoms with van der Waals surface area (Å²) < 4.78 is 55.8. The fourth-order valence-electron chi connectivity index (χ4n) is 1.59. The molecule has 3 nitrogen and oxygen atoms in total. The summed E-state index contributed by atoms with van der Waals surface area (Å²) in [5.74, 6) is -2.29. The van der Waals surface area contributed by atoms with Gasteiger partial charge in [0.2, 0.25) is 0 Å². The lowest BCUT2D eigenvalue weighted by atomic mass is 9.83. The molecule has 1 rings (SSSR count). The number of alkyl halides is 3. The number of nitrogens with zero attached hydrogens (tertiary/aromatic N) is 1. The monoisotopic (exact) mass is 289 g/mol. The molecular formula is C13H11F4NO2. The number of halogens is 4. The van der Waals surface area contributed by atoms with E-state index in [9.17, 15) is 22.4 Å². The number of hydrogen-bond acceptors (Lipinski definition) is 3. The number of rotatable bonds is 3. The molecule has 1 atom stereocenters. The zero-order valence-electron chi connectivity index (χ0n) is 10.7. The first-order valence-electron chi connectivity index (χ1n) is 5.62. The maximum absolute atomic E-state index is 13.8. The lowest BCUT2D eigenvalue weighted by Gasteiger charge is -2.21. The third-order valence-corrected chi connectivity index (χ3v) is 2.74. The van der Waals surface area contributed by atoms with Crippen LogP contribution in [-0.2, 0) is 21.1 Å². The quantitative estimate of drug-likeness (QED) is 0.634. The van der Waals surface area contributed by atoms with Crippen LogP contribution in [0.3, 0.4) is 0 Å². The Balaban J connectivity index is 3.32. The molecule has 0 spiro atoms. The maximum atomic E-state index is 13.8. The molecule has 7 heteroatoms. The van der Waals surface area contributed by atoms with Crippen molar-refractivity contribution in [3.05, 3.63) is 35.1 Å². The second-order valence-corrected chi connectivity index (χ2v) is 4.15. The average molecular weight is 289 g/mol. The number of carbonyl (C=O) groups is 1. The maximum Gasteiger partial charge on any atom is 0.416 e. The van der Waals surface area contributed by atoms with E-state index in [4.69, 9.17) is 5.26 Å². The summed E-state index contributed by atoms with van der Waals surface area (Å²) in [4.78, 5) is 11.7. The number of esters is 1. The van der Waals surface area contributed by atoms with E-state index in [1.54, 1.807) is 6.07 Å². The first-order chi connectivity index (χ1) is 9.16. The second-order valence-electron chi connectivity index (χ2n) is 4.15. The van der Waals surface area contributed by atoms with Crippen molar-refractivity contribution in [1.29, 1.82) is 5.26 Å². The molecule has 1 aromatic rings. The third kappa shape index (κ3) is 2.90. The van der Waals surface area contributed by atoms with E-state index < -0.39 is 34.5 Å². The molecule has 0 fully saturated rings. The van der Waals surface area contributed by atoms with Gasteiger partial charge in [0, 0.05) is 5.56 Å². The van der Waals surface area contributed by atoms with E-state index in [1.165, 1.54) is 6.92 Å². The van der Waals surface area contributed by atoms with Gasteiger partial charge in [-0.1, -0.05) is 6.07 Å². The first kappa shape index (κ1) is 16.0. The molecule has 0 amide bonds. The van der Waals surface area contributed by atoms with Crippen molar-refractivity contribution in [1.82, 2.24) is 0 Å². The fourth-order valence-corrected chi connectivity index (χ4v) is 1.59. The van der Waals surface area contributed by atoms with E-state index >= 15 is 0 Å². The lowest BCUT2D eigenvalue weighted by molar-refractivity contribution is -0.147. The summed E-state index contributed by atoms with van der Waals surface area (Å²) in [5.41, 5.74) is -3.64. The molecule has 0 aromatic heterocycles. The molecule has 1 unspecified atom stereocenters. The Morgan fingerprint density at radius 2 is 2.00 bits per heavy atom. The topological polar surface area (TPSA) is 50.1 Å². The van der Waals surface area contributed by atoms with E-state index in [1.807, 2.05) is 0 Å². The molecule has 0 heterocycles. The highest BCUT2D eigenvalue weighted by Crippen LogP contribution is 2.33. The molecule has 0 saturated carbocycles. The third-order valence-electron chi connectivity index (χ3n) is 2.74. The Bertz CT molecular complexity index is 562. The summed E-state index contributed by atoms with van der Waals surface area (Å²) >= 11 is 0. The van der Waals surface area contributed by atoms with Gasteiger partial charge < -0.3 is 4.74 Å². The van der Waals surface area contributed by atoms with Gasteiger partial charge in [-0.15, -0.1) is 0 Å². The lowest BCUT2D eigenvalue weighted by Crippen LogP contribution is -2.34. The van der Waals surface area contributed by atoms with Crippen molar-refractivity contribution < 1.29 is 27.1 Å². The van der Waals surface area contributed by atoms with Crippen LogP contribution in [0.2, 0.25) is 0 Å². The first-order valence-corrected chi connectivity index (χ1v) is 5.62. The van der Waals surface area contributed by atoms with Crippen LogP contribution < -0.4 is 0 Å². The highest BCUT2D eigenvalue weighted by Gasteiger charge is 2.41. The van der Waals surface area contributed by atoms with Crippen LogP contribution in [-0.4, -0.2) is 12.6 Å². The van der Waals surface area contributed by atoms with Crippen LogP contribution in [0.4, 0.5) is 17.6 Å². The molecule has 0 aliphatic carbocycles. The zero-order valence-corrected chi connectivity index (χ0v) is 10.7. The molecule has 0 saturated heterocycles. The second kappa shape index (κ2) is 5.49. The molecule has 1 aromatic carbocycles. The molecule has 0 N–H and O–H groups in total. The van der Waals surface area contributed by atoms with E-state index in [0.29, 0.717) is 6.07 Å². The summed E-state index contributed by atoms with van der Waals surface area (Å²) in [5, 5.41) is 9.05. The molecule has 0 aliphatic heterocycles. The van der Waals surface area contributed by atoms with Crippen molar-refractivity contribution in [3.8, 4) is 6.07 Å². The summed E-state index contributed by atoms with van der Waals surface area (Å²) in [6.45, 7) is 2.56. The molecular weight excluding hydrogens is 278 g/mol. The Morgan fingerprint density at radius 1 is 1.40 bits per heavy atom. The SMILES string of the molecule is CCOC(=O)C(C)(C#N)c1ccc(C(F)(F)F)cc1F. The molecule has 0 aliphatic rings. The van der Waals surface area contributed by atoms with Gasteiger partial charge in [0.15, 0.2) is 5.41 Å². The molecule has 20 heavy (non-hydrogen) atoms. The van der Waals surface area contributed by atoms with Gasteiger partial charge in [-0.2, -0.15) is 18.4 Å². The van der Waals surface area contributed by atoms with Crippen molar-refractivity contribution in [2.24, 2.45) is 0 Å². The van der Waals surface area contributed by atoms with Crippen molar-refractivity contribution in [2.45, 2.75) is 25.4 Å². The van der Waals surface area contributed by atoms with Gasteiger partial charge in [0.1, 0.15) is 5.82 Å². The minimum absolute atomic E-state index is 0.0294. The molecule has 0 bridgehead atoms. The number of nitriles is 1. The van der Waals surface area contributed by atoms with Crippen LogP contribution >= 0.6 is 0 Å². The average Bonchev–Trinajstić information content (AvgIpc) is 2.36. The van der Waals surface area contributed by atoms with Gasteiger partial charge in [-0.05, 0) is 26.0 Å². The largest absolute Gasteiger partial charge is 0.465 e. The Morgan fingerprint density at radius 3 is 2.40 bits per heavy atom. The van der Waals surface area contributed by atoms with Crippen molar-refractivity contribution in [2.75, 3.05) is 6.61 Å². The standard InChI is InChI=1S/C13H11F4NO2/c1-3-20-11(19)12(2,7-18)9-5-4-8(6-10(9)14)13(15,16)17/h4-6H,3H2,1-2H3. The van der Waals surface area contributed by atoms with E-state index in [0.717, 1.165) is 13.0 Å². The van der Waals surface area contributed by atoms with E-state index in [2.05, 4.69) is 4.74 Å². The smallest absolute Gasteiger partial charge is 0.416 e. The zero-order chi connectivity index (χ0) is 15.6. The minimum Gasteiger partial charge on any atom is -0.465 e. The fraction of sp³-hybridized carbons (Fsp3) is 0.385. The van der Waals surface area contributed by atoms with Crippen LogP contribution in [0.15, 0.2) is 18.2 Å². The number of benzene rings is 1. The van der Waals surface area contributed by atoms with Gasteiger partial charge in [-0.3, -0.25) is 0 Å². The van der Waals surface area contributed by atoms with Gasteiger partial charge >= 0.3 is 12.1 Å². The Kier molecular flexibility index (Phi) is 4.38. The molecule has 0 radical (unpaired) electrons. The molecule has 108 valence electrons. The van der Waals surface area contributed by atoms with Crippen LogP contribution in [0.1, 0.15) is 25.0 Å². The minimum atomic E-state index is -4.70. The van der Waals surface area contributed by atoms with Gasteiger partial charge in [-0.25, -0.2) is 9.18 Å². The van der Waals surface area contributed by atoms with Crippen molar-refractivity contribution in [3.63, 3.8) is 0 Å². The Labute approximate surface area is 112 Å². The highest BCUT2D eigenvalue weighted by molar-refractivity contribution is 5.86. The summed E-state index contributed by atoms with van der Waals surface area (Å²) in [6.07, 6.45) is -4.70. The number of ether oxygens (including phenoxy) is 1. The number of hydrogen-bond donors (Lipinski definition) is 0. The van der Waals surface area contributed by atoms with Crippen molar-refractivity contribution >= 4 is 5.97 Å². The predicted octanol–water partition coefficient (Wildman–Crippen LogP) is 3.19. The Hall–Kier alpha value is -2.10. The van der Waals surface area contributed by atoms with Crippen LogP contribution in [0.25, 0.3) is 0 Å². The normalized spacial score (nSPS) is 14.2. The van der Waals surface area contributed by atoms with Crippen LogP contribution in [0.5, 0.6) is 0 Å².